The number of halogens is 5. The van der Waals surface area contributed by atoms with Crippen molar-refractivity contribution in [3.63, 3.8) is 0 Å². The molecule has 0 bridgehead atoms. The van der Waals surface area contributed by atoms with Gasteiger partial charge in [0, 0.05) is 6.07 Å². The van der Waals surface area contributed by atoms with Gasteiger partial charge in [-0.1, -0.05) is 0 Å². The molecule has 0 atom stereocenters. The number of pyridine rings is 1. The van der Waals surface area contributed by atoms with Crippen molar-refractivity contribution in [1.82, 2.24) is 4.98 Å². The topological polar surface area (TPSA) is 51.3 Å². The Morgan fingerprint density at radius 3 is 2.35 bits per heavy atom. The molecule has 0 radical (unpaired) electrons. The standard InChI is InChI=1S/C8H6F5NO3/c1-16-5-3(6(9)10)2-4(14-7(5)15)17-8(11,12)13/h2,6H,1H3,(H,14,15). The molecule has 0 aliphatic carbocycles. The van der Waals surface area contributed by atoms with Gasteiger partial charge in [-0.25, -0.2) is 8.78 Å². The number of rotatable bonds is 3. The van der Waals surface area contributed by atoms with E-state index in [0.717, 1.165) is 7.11 Å². The second-order valence-electron chi connectivity index (χ2n) is 2.80. The molecule has 4 nitrogen and oxygen atoms in total. The van der Waals surface area contributed by atoms with Gasteiger partial charge in [0.15, 0.2) is 5.75 Å². The first-order valence-electron chi connectivity index (χ1n) is 4.09. The molecule has 0 amide bonds. The summed E-state index contributed by atoms with van der Waals surface area (Å²) in [6.45, 7) is 0. The van der Waals surface area contributed by atoms with Crippen LogP contribution in [-0.2, 0) is 0 Å². The number of aromatic nitrogens is 1. The number of methoxy groups -OCH3 is 1. The van der Waals surface area contributed by atoms with E-state index in [4.69, 9.17) is 0 Å². The van der Waals surface area contributed by atoms with Crippen LogP contribution in [0.4, 0.5) is 22.0 Å². The minimum atomic E-state index is -5.09. The molecule has 0 aliphatic rings. The van der Waals surface area contributed by atoms with Crippen LogP contribution in [0.2, 0.25) is 0 Å². The van der Waals surface area contributed by atoms with E-state index >= 15 is 0 Å². The molecule has 0 aromatic carbocycles. The Labute approximate surface area is 91.0 Å². The summed E-state index contributed by atoms with van der Waals surface area (Å²) in [6.07, 6.45) is -8.25. The molecule has 1 N–H and O–H groups in total. The number of hydrogen-bond donors (Lipinski definition) is 1. The maximum absolute atomic E-state index is 12.4. The van der Waals surface area contributed by atoms with E-state index in [2.05, 4.69) is 9.47 Å². The van der Waals surface area contributed by atoms with Crippen LogP contribution in [0, 0.1) is 0 Å². The molecule has 96 valence electrons. The van der Waals surface area contributed by atoms with E-state index < -0.39 is 35.5 Å². The molecule has 0 spiro atoms. The lowest BCUT2D eigenvalue weighted by molar-refractivity contribution is -0.276. The number of aromatic amines is 1. The van der Waals surface area contributed by atoms with Gasteiger partial charge < -0.3 is 9.47 Å². The summed E-state index contributed by atoms with van der Waals surface area (Å²) in [7, 11) is 0.945. The van der Waals surface area contributed by atoms with E-state index in [0.29, 0.717) is 6.07 Å². The normalized spacial score (nSPS) is 11.7. The summed E-state index contributed by atoms with van der Waals surface area (Å²) in [5.41, 5.74) is -2.21. The summed E-state index contributed by atoms with van der Waals surface area (Å²) >= 11 is 0. The zero-order valence-corrected chi connectivity index (χ0v) is 8.27. The molecule has 0 saturated carbocycles. The molecule has 9 heteroatoms. The average Bonchev–Trinajstić information content (AvgIpc) is 2.13. The van der Waals surface area contributed by atoms with Gasteiger partial charge in [0.2, 0.25) is 5.88 Å². The lowest BCUT2D eigenvalue weighted by Gasteiger charge is -2.11. The number of alkyl halides is 5. The van der Waals surface area contributed by atoms with Gasteiger partial charge in [-0.15, -0.1) is 13.2 Å². The Morgan fingerprint density at radius 2 is 1.94 bits per heavy atom. The molecule has 0 fully saturated rings. The Kier molecular flexibility index (Phi) is 3.59. The van der Waals surface area contributed by atoms with Crippen LogP contribution in [0.1, 0.15) is 12.0 Å². The van der Waals surface area contributed by atoms with Crippen LogP contribution in [-0.4, -0.2) is 18.5 Å². The summed E-state index contributed by atoms with van der Waals surface area (Å²) in [5, 5.41) is 0. The third-order valence-corrected chi connectivity index (χ3v) is 1.66. The molecule has 0 saturated heterocycles. The average molecular weight is 259 g/mol. The minimum absolute atomic E-state index is 0.360. The third kappa shape index (κ3) is 3.33. The molecule has 17 heavy (non-hydrogen) atoms. The van der Waals surface area contributed by atoms with Crippen molar-refractivity contribution in [2.24, 2.45) is 0 Å². The van der Waals surface area contributed by atoms with E-state index in [9.17, 15) is 26.7 Å². The molecule has 0 aliphatic heterocycles. The fourth-order valence-corrected chi connectivity index (χ4v) is 1.09. The molecule has 1 rings (SSSR count). The summed E-state index contributed by atoms with van der Waals surface area (Å²) in [5.74, 6) is -1.88. The van der Waals surface area contributed by atoms with Crippen LogP contribution >= 0.6 is 0 Å². The second kappa shape index (κ2) is 4.60. The first-order valence-corrected chi connectivity index (χ1v) is 4.09. The van der Waals surface area contributed by atoms with E-state index in [1.54, 1.807) is 4.98 Å². The third-order valence-electron chi connectivity index (χ3n) is 1.66. The highest BCUT2D eigenvalue weighted by molar-refractivity contribution is 5.35. The molecule has 1 aromatic heterocycles. The zero-order chi connectivity index (χ0) is 13.2. The van der Waals surface area contributed by atoms with Crippen molar-refractivity contribution in [2.75, 3.05) is 7.11 Å². The second-order valence-corrected chi connectivity index (χ2v) is 2.80. The van der Waals surface area contributed by atoms with Crippen molar-refractivity contribution < 1.29 is 31.4 Å². The predicted octanol–water partition coefficient (Wildman–Crippen LogP) is 2.22. The lowest BCUT2D eigenvalue weighted by Crippen LogP contribution is -2.21. The van der Waals surface area contributed by atoms with Gasteiger partial charge in [-0.05, 0) is 0 Å². The largest absolute Gasteiger partial charge is 0.574 e. The van der Waals surface area contributed by atoms with Crippen molar-refractivity contribution in [1.29, 1.82) is 0 Å². The molecule has 1 heterocycles. The Balaban J connectivity index is 3.25. The van der Waals surface area contributed by atoms with Crippen LogP contribution in [0.25, 0.3) is 0 Å². The van der Waals surface area contributed by atoms with E-state index in [-0.39, 0.29) is 0 Å². The quantitative estimate of drug-likeness (QED) is 0.847. The first-order chi connectivity index (χ1) is 7.74. The summed E-state index contributed by atoms with van der Waals surface area (Å²) < 4.78 is 68.0. The van der Waals surface area contributed by atoms with Gasteiger partial charge >= 0.3 is 6.36 Å². The maximum Gasteiger partial charge on any atom is 0.574 e. The van der Waals surface area contributed by atoms with Crippen LogP contribution in [0.3, 0.4) is 0 Å². The first kappa shape index (κ1) is 13.3. The van der Waals surface area contributed by atoms with Gasteiger partial charge in [-0.2, -0.15) is 0 Å². The fourth-order valence-electron chi connectivity index (χ4n) is 1.09. The Morgan fingerprint density at radius 1 is 1.35 bits per heavy atom. The van der Waals surface area contributed by atoms with Gasteiger partial charge in [0.25, 0.3) is 12.0 Å². The minimum Gasteiger partial charge on any atom is -0.491 e. The lowest BCUT2D eigenvalue weighted by atomic mass is 10.2. The van der Waals surface area contributed by atoms with Crippen molar-refractivity contribution in [3.8, 4) is 11.6 Å². The zero-order valence-electron chi connectivity index (χ0n) is 8.27. The van der Waals surface area contributed by atoms with Gasteiger partial charge in [0.1, 0.15) is 0 Å². The predicted molar refractivity (Wildman–Crippen MR) is 45.3 cm³/mol. The number of H-pyrrole nitrogens is 1. The van der Waals surface area contributed by atoms with E-state index in [1.807, 2.05) is 0 Å². The Hall–Kier alpha value is -1.80. The van der Waals surface area contributed by atoms with Crippen molar-refractivity contribution in [2.45, 2.75) is 12.8 Å². The highest BCUT2D eigenvalue weighted by Crippen LogP contribution is 2.29. The molecular formula is C8H6F5NO3. The van der Waals surface area contributed by atoms with Crippen LogP contribution < -0.4 is 15.0 Å². The number of hydrogen-bond acceptors (Lipinski definition) is 3. The highest BCUT2D eigenvalue weighted by atomic mass is 19.4. The number of nitrogens with one attached hydrogen (secondary N) is 1. The van der Waals surface area contributed by atoms with E-state index in [1.165, 1.54) is 0 Å². The van der Waals surface area contributed by atoms with Crippen molar-refractivity contribution >= 4 is 0 Å². The highest BCUT2D eigenvalue weighted by Gasteiger charge is 2.32. The van der Waals surface area contributed by atoms with Crippen LogP contribution in [0.15, 0.2) is 10.9 Å². The molecule has 0 unspecified atom stereocenters. The summed E-state index contributed by atoms with van der Waals surface area (Å²) in [4.78, 5) is 12.7. The van der Waals surface area contributed by atoms with Gasteiger partial charge in [-0.3, -0.25) is 9.78 Å². The monoisotopic (exact) mass is 259 g/mol. The molecular weight excluding hydrogens is 253 g/mol. The number of ether oxygens (including phenoxy) is 2. The smallest absolute Gasteiger partial charge is 0.491 e. The van der Waals surface area contributed by atoms with Gasteiger partial charge in [0.05, 0.1) is 12.7 Å². The maximum atomic E-state index is 12.4. The Bertz CT molecular complexity index is 453. The summed E-state index contributed by atoms with van der Waals surface area (Å²) in [6, 6.07) is 0.360. The molecule has 1 aromatic rings. The SMILES string of the molecule is COc1c(C(F)F)cc(OC(F)(F)F)[nH]c1=O. The fraction of sp³-hybridized carbons (Fsp3) is 0.375. The van der Waals surface area contributed by atoms with Crippen molar-refractivity contribution in [3.05, 3.63) is 22.0 Å². The van der Waals surface area contributed by atoms with Crippen LogP contribution in [0.5, 0.6) is 11.6 Å².